The number of nitrogens with two attached hydrogens (primary N) is 2. The van der Waals surface area contributed by atoms with Gasteiger partial charge < -0.3 is 108 Å². The third-order valence-electron chi connectivity index (χ3n) is 24.6. The minimum absolute atomic E-state index is 0.0160. The zero-order chi connectivity index (χ0) is 96.5. The molecular formula is C91H122N18O22S. The quantitative estimate of drug-likeness (QED) is 0.0399. The summed E-state index contributed by atoms with van der Waals surface area (Å²) >= 11 is 0.837. The number of imidazole rings is 1. The summed E-state index contributed by atoms with van der Waals surface area (Å²) in [4.78, 5) is 277. The topological polar surface area (TPSA) is 590 Å². The number of likely N-dealkylation sites (N-methyl/N-ethyl adjacent to an activating group) is 3. The SMILES string of the molecule is CCCC[C@H]1C(=O)N(C)[C@@H](CCCC)C(=O)N[C@@H](C)C(=O)C[C@H](C(=O)NCC(N)=O)CSCC(=O)N[C@@H](Cc2ccc(O)cc2)C(=O)N(C)[C@@H](C)C(=O)C[C@@H](CC(=O)O)C(=O)N2CCC[C@H]2C(=O)N[C@@H](Cc2c[nH]cn2)C(=O)C[C@@H](CCC(N)=O)C(=O)N2C[C@H](O)C[C@H]2C(=O)N[C@@H](Cc2c[nH]c3ccccc23)C(=O)N[C@@H](CO)C(=O)N[C@@H](Cc2cn(C)c3ccccc23)C(=O)N1C. The van der Waals surface area contributed by atoms with Gasteiger partial charge in [0.05, 0.1) is 73.4 Å². The number of Topliss-reactive ketones (excluding diaryl/α,β-unsaturated/α-hetero) is 3. The number of fused-ring (bicyclic) bond motifs is 4. The Hall–Kier alpha value is -12.9. The molecule has 3 aliphatic rings. The van der Waals surface area contributed by atoms with E-state index < -0.39 is 267 Å². The molecule has 41 heteroatoms. The molecule has 15 atom stereocenters. The molecule has 714 valence electrons. The Morgan fingerprint density at radius 2 is 1.19 bits per heavy atom. The summed E-state index contributed by atoms with van der Waals surface area (Å²) in [6.07, 6.45) is 0.860. The lowest BCUT2D eigenvalue weighted by Crippen LogP contribution is -2.61. The van der Waals surface area contributed by atoms with Crippen LogP contribution in [0.25, 0.3) is 21.8 Å². The summed E-state index contributed by atoms with van der Waals surface area (Å²) in [7, 11) is 5.72. The number of nitrogens with zero attached hydrogens (tertiary/aromatic N) is 7. The number of hydrogen-bond acceptors (Lipinski definition) is 23. The number of rotatable bonds is 23. The van der Waals surface area contributed by atoms with Crippen LogP contribution in [-0.4, -0.2) is 302 Å². The fourth-order valence-electron chi connectivity index (χ4n) is 17.0. The van der Waals surface area contributed by atoms with Gasteiger partial charge in [-0.15, -0.1) is 0 Å². The Morgan fingerprint density at radius 1 is 0.583 bits per heavy atom. The number of amides is 14. The van der Waals surface area contributed by atoms with Gasteiger partial charge in [0, 0.05) is 151 Å². The number of hydrogen-bond donors (Lipinski definition) is 15. The average molecular weight is 1850 g/mol. The monoisotopic (exact) mass is 1850 g/mol. The van der Waals surface area contributed by atoms with Crippen molar-refractivity contribution < 1.29 is 107 Å². The van der Waals surface area contributed by atoms with E-state index in [2.05, 4.69) is 52.2 Å². The Morgan fingerprint density at radius 3 is 1.86 bits per heavy atom. The number of aliphatic carboxylic acids is 1. The van der Waals surface area contributed by atoms with Gasteiger partial charge in [-0.3, -0.25) is 86.3 Å². The molecule has 132 heavy (non-hydrogen) atoms. The minimum Gasteiger partial charge on any atom is -0.508 e. The van der Waals surface area contributed by atoms with Crippen molar-refractivity contribution in [3.63, 3.8) is 0 Å². The van der Waals surface area contributed by atoms with E-state index in [9.17, 15) is 73.2 Å². The van der Waals surface area contributed by atoms with E-state index in [1.165, 1.54) is 76.7 Å². The van der Waals surface area contributed by atoms with Gasteiger partial charge in [-0.2, -0.15) is 11.8 Å². The van der Waals surface area contributed by atoms with Gasteiger partial charge in [-0.25, -0.2) is 4.98 Å². The summed E-state index contributed by atoms with van der Waals surface area (Å²) in [5, 5.41) is 62.9. The zero-order valence-corrected chi connectivity index (χ0v) is 76.2. The smallest absolute Gasteiger partial charge is 0.304 e. The number of unbranched alkanes of at least 4 members (excludes halogenated alkanes) is 2. The summed E-state index contributed by atoms with van der Waals surface area (Å²) in [6, 6.07) is 3.04. The van der Waals surface area contributed by atoms with Crippen molar-refractivity contribution in [2.24, 2.45) is 36.3 Å². The molecule has 0 spiro atoms. The first-order valence-electron chi connectivity index (χ1n) is 44.4. The number of thioether (sulfide) groups is 1. The number of para-hydroxylation sites is 2. The average Bonchev–Trinajstić information content (AvgIpc) is 1.65. The van der Waals surface area contributed by atoms with E-state index in [4.69, 9.17) is 11.5 Å². The summed E-state index contributed by atoms with van der Waals surface area (Å²) < 4.78 is 1.80. The number of aryl methyl sites for hydroxylation is 1. The third kappa shape index (κ3) is 27.6. The van der Waals surface area contributed by atoms with E-state index >= 15 is 33.6 Å². The summed E-state index contributed by atoms with van der Waals surface area (Å²) in [6.45, 7) is 3.91. The predicted octanol–water partition coefficient (Wildman–Crippen LogP) is -0.0713. The number of phenolic OH excluding ortho intramolecular Hbond substituents is 1. The number of benzene rings is 3. The molecule has 14 amide bonds. The molecule has 3 aromatic carbocycles. The number of aromatic amines is 2. The second kappa shape index (κ2) is 48.3. The highest BCUT2D eigenvalue weighted by molar-refractivity contribution is 7.99. The van der Waals surface area contributed by atoms with Crippen molar-refractivity contribution >= 4 is 140 Å². The second-order valence-corrected chi connectivity index (χ2v) is 35.3. The van der Waals surface area contributed by atoms with Crippen molar-refractivity contribution in [2.45, 2.75) is 222 Å². The highest BCUT2D eigenvalue weighted by Crippen LogP contribution is 2.31. The second-order valence-electron chi connectivity index (χ2n) is 34.3. The van der Waals surface area contributed by atoms with Crippen molar-refractivity contribution in [1.82, 2.24) is 81.2 Å². The normalized spacial score (nSPS) is 25.2. The molecule has 3 saturated heterocycles. The molecule has 0 unspecified atom stereocenters. The number of phenols is 1. The summed E-state index contributed by atoms with van der Waals surface area (Å²) in [5.41, 5.74) is 14.1. The highest BCUT2D eigenvalue weighted by atomic mass is 32.2. The number of aliphatic hydroxyl groups is 2. The Bertz CT molecular complexity index is 5180. The Balaban J connectivity index is 1.09. The number of carbonyl (C=O) groups excluding carboxylic acids is 17. The van der Waals surface area contributed by atoms with Gasteiger partial charge in [0.1, 0.15) is 54.1 Å². The van der Waals surface area contributed by atoms with Crippen LogP contribution in [0.1, 0.15) is 146 Å². The van der Waals surface area contributed by atoms with Crippen LogP contribution in [-0.2, 0) is 119 Å². The lowest BCUT2D eigenvalue weighted by molar-refractivity contribution is -0.149. The van der Waals surface area contributed by atoms with Gasteiger partial charge in [-0.1, -0.05) is 88.1 Å². The molecular weight excluding hydrogens is 1730 g/mol. The number of carboxylic acid groups (broad SMARTS) is 1. The molecule has 6 aromatic rings. The lowest BCUT2D eigenvalue weighted by Gasteiger charge is -2.36. The van der Waals surface area contributed by atoms with Gasteiger partial charge in [0.2, 0.25) is 82.7 Å². The van der Waals surface area contributed by atoms with Crippen molar-refractivity contribution in [2.75, 3.05) is 58.9 Å². The molecule has 0 aliphatic carbocycles. The first-order chi connectivity index (χ1) is 62.8. The molecule has 0 bridgehead atoms. The zero-order valence-electron chi connectivity index (χ0n) is 75.4. The van der Waals surface area contributed by atoms with E-state index in [1.54, 1.807) is 66.5 Å². The summed E-state index contributed by atoms with van der Waals surface area (Å²) in [5.74, 6) is -22.1. The van der Waals surface area contributed by atoms with Crippen molar-refractivity contribution in [3.8, 4) is 5.75 Å². The maximum atomic E-state index is 15.7. The van der Waals surface area contributed by atoms with E-state index in [-0.39, 0.29) is 75.1 Å². The number of H-pyrrole nitrogens is 2. The number of primary amides is 2. The Labute approximate surface area is 767 Å². The van der Waals surface area contributed by atoms with Crippen LogP contribution in [0.5, 0.6) is 5.75 Å². The van der Waals surface area contributed by atoms with Gasteiger partial charge >= 0.3 is 5.97 Å². The van der Waals surface area contributed by atoms with E-state index in [0.717, 1.165) is 36.9 Å². The molecule has 3 aromatic heterocycles. The lowest BCUT2D eigenvalue weighted by atomic mass is 9.90. The molecule has 0 saturated carbocycles. The molecule has 3 fully saturated rings. The molecule has 6 heterocycles. The van der Waals surface area contributed by atoms with Crippen LogP contribution in [0, 0.1) is 17.8 Å². The van der Waals surface area contributed by atoms with Crippen LogP contribution in [0.4, 0.5) is 0 Å². The molecule has 3 aliphatic heterocycles. The van der Waals surface area contributed by atoms with E-state index in [1.807, 2.05) is 19.9 Å². The van der Waals surface area contributed by atoms with Crippen molar-refractivity contribution in [3.05, 3.63) is 120 Å². The number of nitrogens with one attached hydrogen (secondary N) is 9. The standard InChI is InChI=1S/C91H122N18O22S/c1-9-11-21-70-84(124)98-50(3)74(113)37-57(81(121)96-43-78(93)117)47-132-48-79(118)99-66(32-52-25-28-59(111)29-26-52)89(129)105(6)51(4)75(114)36-54(38-80(119)120)88(128)108-31-17-24-71(108)85(125)100-64(39-58-42-94-49-97-58)76(115)35-53(27-30-77(92)116)87(127)109-45-60(112)40-73(109)86(126)101-65(33-55-41-95-63-20-15-13-18-61(55)63)82(122)103-68(46-110)83(123)102-67(34-56-44-104(5)69-23-16-14-19-62(56)69)90(130)107(8)72(22-12-10-2)91(131)106(70)7/h13-16,18-20,23,25-26,28-29,41-42,44,49-51,53-54,57,60,64-68,70-73,95,110-112H,9-12,17,21-22,24,27,30-40,43,45-48H2,1-8H3,(H2,92,116)(H2,93,117)(H,94,97)(H,96,121)(H,98,124)(H,99,118)(H,100,125)(H,101,126)(H,102,123)(H,103,122)(H,119,120)/t50-,51-,53+,54-,57-,60+,64-,65-,66-,67-,68-,70-,71-,72-,73-/m0/s1. The predicted molar refractivity (Wildman–Crippen MR) is 482 cm³/mol. The van der Waals surface area contributed by atoms with Crippen LogP contribution < -0.4 is 48.7 Å². The van der Waals surface area contributed by atoms with Gasteiger partial charge in [-0.05, 0) is 86.9 Å². The molecule has 9 rings (SSSR count). The van der Waals surface area contributed by atoms with Gasteiger partial charge in [0.25, 0.3) is 0 Å². The number of carbonyl (C=O) groups is 18. The molecule has 17 N–H and O–H groups in total. The van der Waals surface area contributed by atoms with Crippen LogP contribution >= 0.6 is 11.8 Å². The Kier molecular flexibility index (Phi) is 37.6. The number of aliphatic hydroxyl groups excluding tert-OH is 2. The number of carboxylic acids is 1. The first-order valence-corrected chi connectivity index (χ1v) is 45.5. The molecule has 0 radical (unpaired) electrons. The third-order valence-corrected chi connectivity index (χ3v) is 25.7. The van der Waals surface area contributed by atoms with Gasteiger partial charge in [0.15, 0.2) is 17.3 Å². The van der Waals surface area contributed by atoms with E-state index in [0.29, 0.717) is 58.7 Å². The minimum atomic E-state index is -1.90. The van der Waals surface area contributed by atoms with Crippen LogP contribution in [0.15, 0.2) is 97.7 Å². The van der Waals surface area contributed by atoms with Crippen LogP contribution in [0.2, 0.25) is 0 Å². The number of aromatic nitrogens is 4. The maximum Gasteiger partial charge on any atom is 0.304 e. The highest BCUT2D eigenvalue weighted by Gasteiger charge is 2.47. The fourth-order valence-corrected chi connectivity index (χ4v) is 17.9. The molecule has 40 nitrogen and oxygen atoms in total. The first kappa shape index (κ1) is 103. The number of ketones is 3. The maximum absolute atomic E-state index is 15.7. The van der Waals surface area contributed by atoms with Crippen molar-refractivity contribution in [1.29, 1.82) is 0 Å². The fraction of sp³-hybridized carbons (Fsp3) is 0.527. The largest absolute Gasteiger partial charge is 0.508 e. The number of aromatic hydroxyl groups is 1. The van der Waals surface area contributed by atoms with Crippen LogP contribution in [0.3, 0.4) is 0 Å².